The summed E-state index contributed by atoms with van der Waals surface area (Å²) in [5, 5.41) is 3.33. The second kappa shape index (κ2) is 6.45. The fraction of sp³-hybridized carbons (Fsp3) is 0.800. The molecule has 0 fully saturated rings. The van der Waals surface area contributed by atoms with E-state index < -0.39 is 0 Å². The number of hydrogen-bond acceptors (Lipinski definition) is 5. The number of rotatable bonds is 6. The van der Waals surface area contributed by atoms with Crippen molar-refractivity contribution in [3.8, 4) is 0 Å². The van der Waals surface area contributed by atoms with Crippen LogP contribution in [0.4, 0.5) is 0 Å². The maximum absolute atomic E-state index is 4.44. The van der Waals surface area contributed by atoms with Gasteiger partial charge in [-0.3, -0.25) is 0 Å². The number of nitrogens with zero attached hydrogens (tertiary/aromatic N) is 2. The monoisotopic (exact) mass is 245 g/mol. The zero-order valence-corrected chi connectivity index (χ0v) is 11.4. The van der Waals surface area contributed by atoms with Crippen molar-refractivity contribution in [2.24, 2.45) is 5.92 Å². The zero-order chi connectivity index (χ0) is 11.3. The van der Waals surface area contributed by atoms with Crippen molar-refractivity contribution in [1.29, 1.82) is 0 Å². The number of nitrogens with one attached hydrogen (secondary N) is 1. The average molecular weight is 245 g/mol. The first-order chi connectivity index (χ1) is 7.17. The molecule has 86 valence electrons. The molecule has 0 saturated heterocycles. The van der Waals surface area contributed by atoms with Crippen molar-refractivity contribution >= 4 is 23.3 Å². The lowest BCUT2D eigenvalue weighted by atomic mass is 10.1. The number of aromatic nitrogens is 2. The predicted molar refractivity (Wildman–Crippen MR) is 67.7 cm³/mol. The van der Waals surface area contributed by atoms with E-state index in [-0.39, 0.29) is 0 Å². The summed E-state index contributed by atoms with van der Waals surface area (Å²) in [5.74, 6) is 2.68. The fourth-order valence-electron chi connectivity index (χ4n) is 1.21. The van der Waals surface area contributed by atoms with Crippen LogP contribution >= 0.6 is 23.3 Å². The molecule has 1 heterocycles. The molecule has 1 aromatic rings. The van der Waals surface area contributed by atoms with E-state index in [1.54, 1.807) is 11.8 Å². The Balaban J connectivity index is 2.41. The van der Waals surface area contributed by atoms with Crippen LogP contribution in [-0.2, 0) is 6.42 Å². The number of aryl methyl sites for hydroxylation is 1. The predicted octanol–water partition coefficient (Wildman–Crippen LogP) is 2.44. The van der Waals surface area contributed by atoms with Crippen LogP contribution in [0.25, 0.3) is 0 Å². The summed E-state index contributed by atoms with van der Waals surface area (Å²) in [7, 11) is 2.02. The molecule has 0 saturated carbocycles. The molecule has 5 heteroatoms. The first kappa shape index (κ1) is 12.9. The maximum atomic E-state index is 4.44. The number of hydrogen-bond donors (Lipinski definition) is 1. The standard InChI is InChI=1S/C10H19N3S2/c1-5-9-12-10(15-13-9)14-6-8(11-4)7(2)3/h7-8,11H,5-6H2,1-4H3. The first-order valence-corrected chi connectivity index (χ1v) is 7.05. The smallest absolute Gasteiger partial charge is 0.170 e. The van der Waals surface area contributed by atoms with Crippen molar-refractivity contribution in [3.63, 3.8) is 0 Å². The molecule has 0 aliphatic rings. The Labute approximate surface area is 100 Å². The van der Waals surface area contributed by atoms with Gasteiger partial charge in [0.25, 0.3) is 0 Å². The van der Waals surface area contributed by atoms with Crippen LogP contribution in [0.2, 0.25) is 0 Å². The van der Waals surface area contributed by atoms with Crippen LogP contribution in [0, 0.1) is 5.92 Å². The minimum Gasteiger partial charge on any atom is -0.316 e. The summed E-state index contributed by atoms with van der Waals surface area (Å²) in [4.78, 5) is 4.44. The van der Waals surface area contributed by atoms with Gasteiger partial charge in [0, 0.05) is 18.2 Å². The van der Waals surface area contributed by atoms with Gasteiger partial charge in [-0.15, -0.1) is 0 Å². The lowest BCUT2D eigenvalue weighted by molar-refractivity contribution is 0.465. The van der Waals surface area contributed by atoms with E-state index in [0.29, 0.717) is 12.0 Å². The highest BCUT2D eigenvalue weighted by atomic mass is 32.2. The van der Waals surface area contributed by atoms with E-state index >= 15 is 0 Å². The highest BCUT2D eigenvalue weighted by Gasteiger charge is 2.12. The summed E-state index contributed by atoms with van der Waals surface area (Å²) < 4.78 is 5.36. The summed E-state index contributed by atoms with van der Waals surface area (Å²) >= 11 is 3.31. The molecule has 1 atom stereocenters. The van der Waals surface area contributed by atoms with Gasteiger partial charge < -0.3 is 5.32 Å². The molecule has 3 nitrogen and oxygen atoms in total. The van der Waals surface area contributed by atoms with Crippen LogP contribution in [0.3, 0.4) is 0 Å². The Morgan fingerprint density at radius 3 is 2.67 bits per heavy atom. The molecule has 0 aliphatic carbocycles. The highest BCUT2D eigenvalue weighted by Crippen LogP contribution is 2.22. The van der Waals surface area contributed by atoms with Gasteiger partial charge in [0.15, 0.2) is 4.34 Å². The molecule has 0 amide bonds. The van der Waals surface area contributed by atoms with E-state index in [1.165, 1.54) is 11.5 Å². The molecule has 0 aromatic carbocycles. The largest absolute Gasteiger partial charge is 0.316 e. The van der Waals surface area contributed by atoms with Gasteiger partial charge in [-0.1, -0.05) is 32.5 Å². The van der Waals surface area contributed by atoms with Gasteiger partial charge in [-0.25, -0.2) is 4.98 Å². The van der Waals surface area contributed by atoms with Crippen molar-refractivity contribution in [3.05, 3.63) is 5.82 Å². The molecule has 0 spiro atoms. The van der Waals surface area contributed by atoms with Gasteiger partial charge in [0.2, 0.25) is 0 Å². The maximum Gasteiger partial charge on any atom is 0.170 e. The molecule has 1 N–H and O–H groups in total. The summed E-state index contributed by atoms with van der Waals surface area (Å²) in [6.45, 7) is 6.56. The van der Waals surface area contributed by atoms with E-state index in [2.05, 4.69) is 35.4 Å². The molecule has 1 unspecified atom stereocenters. The van der Waals surface area contributed by atoms with Crippen molar-refractivity contribution in [1.82, 2.24) is 14.7 Å². The normalized spacial score (nSPS) is 13.4. The van der Waals surface area contributed by atoms with Crippen molar-refractivity contribution in [2.45, 2.75) is 37.6 Å². The summed E-state index contributed by atoms with van der Waals surface area (Å²) in [5.41, 5.74) is 0. The van der Waals surface area contributed by atoms with Crippen molar-refractivity contribution in [2.75, 3.05) is 12.8 Å². The zero-order valence-electron chi connectivity index (χ0n) is 9.78. The minimum atomic E-state index is 0.545. The molecule has 1 rings (SSSR count). The lowest BCUT2D eigenvalue weighted by Gasteiger charge is -2.18. The summed E-state index contributed by atoms with van der Waals surface area (Å²) in [6.07, 6.45) is 0.927. The Morgan fingerprint density at radius 1 is 1.47 bits per heavy atom. The Hall–Kier alpha value is -0.130. The second-order valence-corrected chi connectivity index (χ2v) is 5.80. The molecule has 0 radical (unpaired) electrons. The van der Waals surface area contributed by atoms with Crippen LogP contribution in [0.1, 0.15) is 26.6 Å². The molecule has 1 aromatic heterocycles. The van der Waals surface area contributed by atoms with Gasteiger partial charge >= 0.3 is 0 Å². The third-order valence-corrected chi connectivity index (χ3v) is 4.32. The van der Waals surface area contributed by atoms with Crippen molar-refractivity contribution < 1.29 is 0 Å². The minimum absolute atomic E-state index is 0.545. The van der Waals surface area contributed by atoms with E-state index in [0.717, 1.165) is 22.3 Å². The van der Waals surface area contributed by atoms with Gasteiger partial charge in [0.1, 0.15) is 5.82 Å². The SMILES string of the molecule is CCc1nsc(SCC(NC)C(C)C)n1. The molecule has 0 aliphatic heterocycles. The van der Waals surface area contributed by atoms with Crippen LogP contribution in [0.5, 0.6) is 0 Å². The van der Waals surface area contributed by atoms with Gasteiger partial charge in [-0.2, -0.15) is 4.37 Å². The van der Waals surface area contributed by atoms with Crippen LogP contribution in [0.15, 0.2) is 4.34 Å². The quantitative estimate of drug-likeness (QED) is 0.781. The van der Waals surface area contributed by atoms with Crippen LogP contribution in [-0.4, -0.2) is 28.2 Å². The number of thioether (sulfide) groups is 1. The van der Waals surface area contributed by atoms with Crippen LogP contribution < -0.4 is 5.32 Å². The van der Waals surface area contributed by atoms with Gasteiger partial charge in [0.05, 0.1) is 0 Å². The summed E-state index contributed by atoms with van der Waals surface area (Å²) in [6, 6.07) is 0.545. The third-order valence-electron chi connectivity index (χ3n) is 2.33. The van der Waals surface area contributed by atoms with E-state index in [1.807, 2.05) is 7.05 Å². The highest BCUT2D eigenvalue weighted by molar-refractivity contribution is 8.00. The lowest BCUT2D eigenvalue weighted by Crippen LogP contribution is -2.32. The van der Waals surface area contributed by atoms with E-state index in [4.69, 9.17) is 0 Å². The Morgan fingerprint density at radius 2 is 2.20 bits per heavy atom. The molecular weight excluding hydrogens is 226 g/mol. The average Bonchev–Trinajstić information content (AvgIpc) is 2.66. The Kier molecular flexibility index (Phi) is 5.56. The second-order valence-electron chi connectivity index (χ2n) is 3.78. The molecular formula is C10H19N3S2. The fourth-order valence-corrected chi connectivity index (χ4v) is 3.28. The topological polar surface area (TPSA) is 37.8 Å². The van der Waals surface area contributed by atoms with E-state index in [9.17, 15) is 0 Å². The van der Waals surface area contributed by atoms with Gasteiger partial charge in [-0.05, 0) is 24.5 Å². The molecule has 0 bridgehead atoms. The third kappa shape index (κ3) is 4.09. The first-order valence-electron chi connectivity index (χ1n) is 5.30. The molecule has 15 heavy (non-hydrogen) atoms. The Bertz CT molecular complexity index is 286.